The highest BCUT2D eigenvalue weighted by atomic mass is 14.3. The second-order valence-corrected chi connectivity index (χ2v) is 16.4. The van der Waals surface area contributed by atoms with Gasteiger partial charge >= 0.3 is 0 Å². The number of hydrogen-bond acceptors (Lipinski definition) is 0. The van der Waals surface area contributed by atoms with E-state index in [0.29, 0.717) is 0 Å². The van der Waals surface area contributed by atoms with Gasteiger partial charge in [0.2, 0.25) is 0 Å². The summed E-state index contributed by atoms with van der Waals surface area (Å²) in [6, 6.07) is 60.4. The monoisotopic (exact) mass is 714 g/mol. The van der Waals surface area contributed by atoms with Crippen LogP contribution in [0.2, 0.25) is 0 Å². The van der Waals surface area contributed by atoms with Crippen LogP contribution in [0.5, 0.6) is 0 Å². The van der Waals surface area contributed by atoms with Crippen LogP contribution in [0.4, 0.5) is 0 Å². The maximum atomic E-state index is 2.50. The molecule has 0 atom stereocenters. The van der Waals surface area contributed by atoms with Gasteiger partial charge in [0.25, 0.3) is 0 Å². The Morgan fingerprint density at radius 2 is 0.643 bits per heavy atom. The van der Waals surface area contributed by atoms with Gasteiger partial charge in [0, 0.05) is 0 Å². The fourth-order valence-corrected chi connectivity index (χ4v) is 10.3. The van der Waals surface area contributed by atoms with Crippen LogP contribution in [0.15, 0.2) is 158 Å². The van der Waals surface area contributed by atoms with E-state index in [4.69, 9.17) is 0 Å². The topological polar surface area (TPSA) is 0 Å². The van der Waals surface area contributed by atoms with E-state index in [2.05, 4.69) is 185 Å². The number of rotatable bonds is 4. The van der Waals surface area contributed by atoms with Crippen molar-refractivity contribution in [3.8, 4) is 66.8 Å². The molecule has 0 N–H and O–H groups in total. The normalized spacial score (nSPS) is 12.5. The maximum absolute atomic E-state index is 2.50. The summed E-state index contributed by atoms with van der Waals surface area (Å²) in [7, 11) is 0. The summed E-state index contributed by atoms with van der Waals surface area (Å²) in [5, 5.41) is 5.16. The molecule has 2 aliphatic rings. The van der Waals surface area contributed by atoms with E-state index in [1.807, 2.05) is 0 Å². The summed E-state index contributed by atoms with van der Waals surface area (Å²) in [5.41, 5.74) is 26.6. The summed E-state index contributed by atoms with van der Waals surface area (Å²) >= 11 is 0. The zero-order valence-corrected chi connectivity index (χ0v) is 32.4. The van der Waals surface area contributed by atoms with Gasteiger partial charge in [-0.3, -0.25) is 0 Å². The van der Waals surface area contributed by atoms with Gasteiger partial charge in [0.05, 0.1) is 0 Å². The molecule has 0 fully saturated rings. The van der Waals surface area contributed by atoms with Gasteiger partial charge in [-0.05, 0) is 163 Å². The van der Waals surface area contributed by atoms with Gasteiger partial charge in [-0.2, -0.15) is 0 Å². The molecule has 0 nitrogen and oxygen atoms in total. The van der Waals surface area contributed by atoms with E-state index < -0.39 is 0 Å². The van der Waals surface area contributed by atoms with Crippen LogP contribution in [0, 0.1) is 27.7 Å². The van der Waals surface area contributed by atoms with Crippen LogP contribution < -0.4 is 0 Å². The van der Waals surface area contributed by atoms with E-state index >= 15 is 0 Å². The quantitative estimate of drug-likeness (QED) is 0.159. The molecule has 9 aromatic carbocycles. The summed E-state index contributed by atoms with van der Waals surface area (Å²) in [5.74, 6) is 0. The average molecular weight is 715 g/mol. The van der Waals surface area contributed by atoms with Crippen molar-refractivity contribution in [2.75, 3.05) is 0 Å². The molecule has 0 bridgehead atoms. The molecule has 9 aromatic rings. The minimum Gasteiger partial charge on any atom is -0.0619 e. The highest BCUT2D eigenvalue weighted by molar-refractivity contribution is 6.23. The molecule has 0 unspecified atom stereocenters. The molecular weight excluding hydrogens is 673 g/mol. The van der Waals surface area contributed by atoms with E-state index in [1.54, 1.807) is 0 Å². The molecule has 0 aliphatic heterocycles. The molecule has 0 saturated carbocycles. The molecule has 2 aliphatic carbocycles. The molecule has 0 aromatic heterocycles. The van der Waals surface area contributed by atoms with Gasteiger partial charge in [0.1, 0.15) is 0 Å². The standard InChI is InChI=1S/C56H42/c1-33-23-34(2)26-43(25-33)55-49-21-19-40(48-18-10-14-42-30-38-12-6-8-16-46(38)54(42)48)32-52(49)56(44-27-35(3)24-36(4)28-44)50-22-20-39(31-51(50)55)47-17-9-13-41-29-37-11-5-7-15-45(37)53(41)47/h5-28,31-32H,29-30H2,1-4H3. The third kappa shape index (κ3) is 5.13. The molecule has 0 saturated heterocycles. The molecule has 266 valence electrons. The van der Waals surface area contributed by atoms with Crippen molar-refractivity contribution in [2.45, 2.75) is 40.5 Å². The average Bonchev–Trinajstić information content (AvgIpc) is 3.77. The minimum atomic E-state index is 0.987. The largest absolute Gasteiger partial charge is 0.0619 e. The first kappa shape index (κ1) is 32.9. The first-order valence-electron chi connectivity index (χ1n) is 20.0. The lowest BCUT2D eigenvalue weighted by atomic mass is 9.82. The van der Waals surface area contributed by atoms with E-state index in [9.17, 15) is 0 Å². The molecule has 0 heteroatoms. The Morgan fingerprint density at radius 3 is 1.07 bits per heavy atom. The predicted octanol–water partition coefficient (Wildman–Crippen LogP) is 15.0. The minimum absolute atomic E-state index is 0.987. The molecular formula is C56H42. The van der Waals surface area contributed by atoms with Gasteiger partial charge in [-0.1, -0.05) is 168 Å². The molecule has 11 rings (SSSR count). The van der Waals surface area contributed by atoms with Gasteiger partial charge in [-0.15, -0.1) is 0 Å². The fourth-order valence-electron chi connectivity index (χ4n) is 10.3. The second kappa shape index (κ2) is 12.5. The van der Waals surface area contributed by atoms with Crippen LogP contribution in [0.1, 0.15) is 44.5 Å². The van der Waals surface area contributed by atoms with E-state index in [-0.39, 0.29) is 0 Å². The number of hydrogen-bond donors (Lipinski definition) is 0. The van der Waals surface area contributed by atoms with Crippen molar-refractivity contribution in [1.82, 2.24) is 0 Å². The molecule has 0 heterocycles. The Morgan fingerprint density at radius 1 is 0.268 bits per heavy atom. The Kier molecular flexibility index (Phi) is 7.35. The first-order valence-corrected chi connectivity index (χ1v) is 20.0. The van der Waals surface area contributed by atoms with Crippen molar-refractivity contribution in [1.29, 1.82) is 0 Å². The van der Waals surface area contributed by atoms with Gasteiger partial charge in [-0.25, -0.2) is 0 Å². The highest BCUT2D eigenvalue weighted by Gasteiger charge is 2.25. The Hall–Kier alpha value is -6.50. The number of fused-ring (bicyclic) bond motifs is 8. The predicted molar refractivity (Wildman–Crippen MR) is 239 cm³/mol. The van der Waals surface area contributed by atoms with Gasteiger partial charge < -0.3 is 0 Å². The van der Waals surface area contributed by atoms with Crippen molar-refractivity contribution in [3.05, 3.63) is 202 Å². The Labute approximate surface area is 329 Å². The smallest absolute Gasteiger partial charge is 0.00132 e. The second-order valence-electron chi connectivity index (χ2n) is 16.4. The van der Waals surface area contributed by atoms with Crippen LogP contribution in [-0.2, 0) is 12.8 Å². The van der Waals surface area contributed by atoms with Crippen LogP contribution in [0.3, 0.4) is 0 Å². The van der Waals surface area contributed by atoms with E-state index in [0.717, 1.165) is 12.8 Å². The van der Waals surface area contributed by atoms with Gasteiger partial charge in [0.15, 0.2) is 0 Å². The van der Waals surface area contributed by atoms with E-state index in [1.165, 1.54) is 133 Å². The maximum Gasteiger partial charge on any atom is -0.00132 e. The SMILES string of the molecule is Cc1cc(C)cc(-c2c3ccc(-c4cccc5c4-c4ccccc4C5)cc3c(-c3cc(C)cc(C)c3)c3ccc(-c4cccc5c4-c4ccccc4C5)cc23)c1. The summed E-state index contributed by atoms with van der Waals surface area (Å²) in [4.78, 5) is 0. The van der Waals surface area contributed by atoms with Crippen molar-refractivity contribution < 1.29 is 0 Å². The lowest BCUT2D eigenvalue weighted by Gasteiger charge is -2.21. The van der Waals surface area contributed by atoms with Crippen molar-refractivity contribution in [2.24, 2.45) is 0 Å². The fraction of sp³-hybridized carbons (Fsp3) is 0.107. The van der Waals surface area contributed by atoms with Crippen LogP contribution in [0.25, 0.3) is 88.3 Å². The zero-order chi connectivity index (χ0) is 37.7. The molecule has 56 heavy (non-hydrogen) atoms. The first-order chi connectivity index (χ1) is 27.4. The zero-order valence-electron chi connectivity index (χ0n) is 32.4. The molecule has 0 spiro atoms. The van der Waals surface area contributed by atoms with Crippen molar-refractivity contribution >= 4 is 21.5 Å². The van der Waals surface area contributed by atoms with Crippen LogP contribution in [-0.4, -0.2) is 0 Å². The lowest BCUT2D eigenvalue weighted by molar-refractivity contribution is 1.26. The Bertz CT molecular complexity index is 2860. The Balaban J connectivity index is 1.25. The molecule has 0 amide bonds. The third-order valence-corrected chi connectivity index (χ3v) is 12.4. The van der Waals surface area contributed by atoms with Crippen LogP contribution >= 0.6 is 0 Å². The van der Waals surface area contributed by atoms with Crippen molar-refractivity contribution in [3.63, 3.8) is 0 Å². The number of aryl methyl sites for hydroxylation is 4. The highest BCUT2D eigenvalue weighted by Crippen LogP contribution is 2.50. The third-order valence-electron chi connectivity index (χ3n) is 12.4. The summed E-state index contributed by atoms with van der Waals surface area (Å²) < 4.78 is 0. The summed E-state index contributed by atoms with van der Waals surface area (Å²) in [6.45, 7) is 8.92. The number of benzene rings is 9. The summed E-state index contributed by atoms with van der Waals surface area (Å²) in [6.07, 6.45) is 1.97. The lowest BCUT2D eigenvalue weighted by Crippen LogP contribution is -1.95. The molecule has 0 radical (unpaired) electrons.